The van der Waals surface area contributed by atoms with Crippen molar-refractivity contribution < 1.29 is 9.72 Å². The Morgan fingerprint density at radius 2 is 2.04 bits per heavy atom. The van der Waals surface area contributed by atoms with Crippen LogP contribution in [0.2, 0.25) is 5.02 Å². The van der Waals surface area contributed by atoms with Gasteiger partial charge in [0.05, 0.1) is 31.8 Å². The van der Waals surface area contributed by atoms with Crippen LogP contribution in [-0.4, -0.2) is 27.8 Å². The number of hydrogen-bond donors (Lipinski definition) is 0. The van der Waals surface area contributed by atoms with Gasteiger partial charge in [0.25, 0.3) is 11.6 Å². The van der Waals surface area contributed by atoms with E-state index in [0.29, 0.717) is 0 Å². The number of fused-ring (bicyclic) bond motifs is 1. The molecule has 0 saturated heterocycles. The van der Waals surface area contributed by atoms with Gasteiger partial charge in [-0.15, -0.1) is 11.3 Å². The maximum absolute atomic E-state index is 12.7. The zero-order valence-electron chi connectivity index (χ0n) is 13.5. The minimum Gasteiger partial charge on any atom is -0.332 e. The van der Waals surface area contributed by atoms with E-state index in [-0.39, 0.29) is 28.2 Å². The van der Waals surface area contributed by atoms with Gasteiger partial charge in [0.2, 0.25) is 0 Å². The predicted molar refractivity (Wildman–Crippen MR) is 98.2 cm³/mol. The lowest BCUT2D eigenvalue weighted by Gasteiger charge is -2.23. The molecule has 3 aromatic rings. The second-order valence-electron chi connectivity index (χ2n) is 5.53. The second kappa shape index (κ2) is 6.78. The van der Waals surface area contributed by atoms with E-state index >= 15 is 0 Å². The summed E-state index contributed by atoms with van der Waals surface area (Å²) in [4.78, 5) is 29.1. The van der Waals surface area contributed by atoms with Crippen LogP contribution in [0.5, 0.6) is 0 Å². The van der Waals surface area contributed by atoms with Crippen LogP contribution < -0.4 is 0 Å². The summed E-state index contributed by atoms with van der Waals surface area (Å²) in [6, 6.07) is 11.4. The minimum atomic E-state index is -0.548. The van der Waals surface area contributed by atoms with Crippen molar-refractivity contribution >= 4 is 44.7 Å². The molecule has 0 radical (unpaired) electrons. The fourth-order valence-corrected chi connectivity index (χ4v) is 3.71. The van der Waals surface area contributed by atoms with E-state index < -0.39 is 4.92 Å². The van der Waals surface area contributed by atoms with Crippen molar-refractivity contribution in [2.45, 2.75) is 13.0 Å². The summed E-state index contributed by atoms with van der Waals surface area (Å²) < 4.78 is 1.05. The lowest BCUT2D eigenvalue weighted by molar-refractivity contribution is -0.384. The van der Waals surface area contributed by atoms with Crippen LogP contribution in [0.15, 0.2) is 42.5 Å². The molecule has 8 heteroatoms. The van der Waals surface area contributed by atoms with Gasteiger partial charge in [-0.2, -0.15) is 0 Å². The summed E-state index contributed by atoms with van der Waals surface area (Å²) in [6.07, 6.45) is 0. The van der Waals surface area contributed by atoms with Gasteiger partial charge in [0.15, 0.2) is 0 Å². The largest absolute Gasteiger partial charge is 0.332 e. The number of aromatic nitrogens is 1. The van der Waals surface area contributed by atoms with E-state index in [9.17, 15) is 14.9 Å². The minimum absolute atomic E-state index is 0.0579. The van der Waals surface area contributed by atoms with E-state index in [1.165, 1.54) is 34.4 Å². The van der Waals surface area contributed by atoms with Gasteiger partial charge < -0.3 is 4.90 Å². The first-order chi connectivity index (χ1) is 11.9. The van der Waals surface area contributed by atoms with Crippen LogP contribution in [0.3, 0.4) is 0 Å². The smallest absolute Gasteiger partial charge is 0.270 e. The van der Waals surface area contributed by atoms with E-state index in [1.54, 1.807) is 7.05 Å². The third-order valence-electron chi connectivity index (χ3n) is 3.96. The third kappa shape index (κ3) is 3.33. The Kier molecular flexibility index (Phi) is 4.69. The number of nitro groups is 1. The average Bonchev–Trinajstić information content (AvgIpc) is 3.03. The summed E-state index contributed by atoms with van der Waals surface area (Å²) in [5, 5.41) is 11.7. The number of halogens is 1. The van der Waals surface area contributed by atoms with Gasteiger partial charge in [-0.3, -0.25) is 14.9 Å². The first-order valence-electron chi connectivity index (χ1n) is 7.45. The van der Waals surface area contributed by atoms with Gasteiger partial charge in [0, 0.05) is 19.2 Å². The van der Waals surface area contributed by atoms with Crippen LogP contribution >= 0.6 is 22.9 Å². The number of nitro benzene ring substituents is 1. The van der Waals surface area contributed by atoms with Crippen LogP contribution in [-0.2, 0) is 0 Å². The first kappa shape index (κ1) is 17.3. The molecule has 0 fully saturated rings. The van der Waals surface area contributed by atoms with Crippen molar-refractivity contribution in [3.63, 3.8) is 0 Å². The number of hydrogen-bond acceptors (Lipinski definition) is 5. The number of rotatable bonds is 4. The van der Waals surface area contributed by atoms with Crippen molar-refractivity contribution in [2.75, 3.05) is 7.05 Å². The highest BCUT2D eigenvalue weighted by molar-refractivity contribution is 7.18. The molecule has 1 atom stereocenters. The van der Waals surface area contributed by atoms with E-state index in [2.05, 4.69) is 4.98 Å². The molecule has 128 valence electrons. The number of benzene rings is 2. The summed E-state index contributed by atoms with van der Waals surface area (Å²) >= 11 is 7.59. The fourth-order valence-electron chi connectivity index (χ4n) is 2.39. The summed E-state index contributed by atoms with van der Waals surface area (Å²) in [6.45, 7) is 1.88. The molecule has 0 aliphatic carbocycles. The Hall–Kier alpha value is -2.51. The molecule has 0 N–H and O–H groups in total. The zero-order valence-corrected chi connectivity index (χ0v) is 15.0. The Bertz CT molecular complexity index is 940. The van der Waals surface area contributed by atoms with Crippen LogP contribution in [0.4, 0.5) is 5.69 Å². The number of amides is 1. The molecule has 0 saturated carbocycles. The molecular formula is C17H14ClN3O3S. The van der Waals surface area contributed by atoms with E-state index in [4.69, 9.17) is 11.6 Å². The Labute approximate surface area is 152 Å². The average molecular weight is 376 g/mol. The zero-order chi connectivity index (χ0) is 18.1. The van der Waals surface area contributed by atoms with Crippen molar-refractivity contribution in [3.8, 4) is 0 Å². The monoisotopic (exact) mass is 375 g/mol. The van der Waals surface area contributed by atoms with Crippen LogP contribution in [0.1, 0.15) is 28.3 Å². The van der Waals surface area contributed by atoms with Gasteiger partial charge in [-0.05, 0) is 25.1 Å². The van der Waals surface area contributed by atoms with Crippen LogP contribution in [0, 0.1) is 10.1 Å². The molecule has 25 heavy (non-hydrogen) atoms. The van der Waals surface area contributed by atoms with Gasteiger partial charge in [-0.25, -0.2) is 4.98 Å². The van der Waals surface area contributed by atoms with Crippen molar-refractivity contribution in [2.24, 2.45) is 0 Å². The molecule has 0 aliphatic rings. The number of thiazole rings is 1. The number of carbonyl (C=O) groups is 1. The molecule has 1 amide bonds. The highest BCUT2D eigenvalue weighted by atomic mass is 35.5. The third-order valence-corrected chi connectivity index (χ3v) is 5.48. The van der Waals surface area contributed by atoms with Crippen molar-refractivity contribution in [1.29, 1.82) is 0 Å². The van der Waals surface area contributed by atoms with Gasteiger partial charge in [0.1, 0.15) is 5.01 Å². The van der Waals surface area contributed by atoms with Crippen molar-refractivity contribution in [1.82, 2.24) is 9.88 Å². The van der Waals surface area contributed by atoms with Crippen molar-refractivity contribution in [3.05, 3.63) is 68.2 Å². The highest BCUT2D eigenvalue weighted by Crippen LogP contribution is 2.31. The molecule has 1 heterocycles. The predicted octanol–water partition coefficient (Wildman–Crippen LogP) is 4.69. The van der Waals surface area contributed by atoms with Gasteiger partial charge >= 0.3 is 0 Å². The van der Waals surface area contributed by atoms with E-state index in [1.807, 2.05) is 31.2 Å². The first-order valence-corrected chi connectivity index (χ1v) is 8.64. The number of carbonyl (C=O) groups excluding carboxylic acids is 1. The number of nitrogens with zero attached hydrogens (tertiary/aromatic N) is 3. The quantitative estimate of drug-likeness (QED) is 0.489. The lowest BCUT2D eigenvalue weighted by Crippen LogP contribution is -2.29. The topological polar surface area (TPSA) is 76.3 Å². The molecule has 0 aliphatic heterocycles. The molecule has 0 spiro atoms. The molecule has 0 bridgehead atoms. The highest BCUT2D eigenvalue weighted by Gasteiger charge is 2.24. The standard InChI is InChI=1S/C17H14ClN3O3S/c1-10(16-19-14-5-3-4-6-15(14)25-16)20(2)17(22)12-8-7-11(21(23)24)9-13(12)18/h3-10H,1-2H3/t10-/m1/s1. The molecule has 6 nitrogen and oxygen atoms in total. The molecule has 0 unspecified atom stereocenters. The second-order valence-corrected chi connectivity index (χ2v) is 7.00. The fraction of sp³-hybridized carbons (Fsp3) is 0.176. The number of non-ortho nitro benzene ring substituents is 1. The van der Waals surface area contributed by atoms with Gasteiger partial charge in [-0.1, -0.05) is 23.7 Å². The number of para-hydroxylation sites is 1. The normalized spacial score (nSPS) is 12.1. The molecule has 2 aromatic carbocycles. The molecular weight excluding hydrogens is 362 g/mol. The Morgan fingerprint density at radius 3 is 2.68 bits per heavy atom. The van der Waals surface area contributed by atoms with Crippen LogP contribution in [0.25, 0.3) is 10.2 Å². The maximum atomic E-state index is 12.7. The SMILES string of the molecule is C[C@H](c1nc2ccccc2s1)N(C)C(=O)c1ccc([N+](=O)[O-])cc1Cl. The maximum Gasteiger partial charge on any atom is 0.270 e. The summed E-state index contributed by atoms with van der Waals surface area (Å²) in [7, 11) is 1.66. The molecule has 3 rings (SSSR count). The summed E-state index contributed by atoms with van der Waals surface area (Å²) in [5.74, 6) is -0.313. The lowest BCUT2D eigenvalue weighted by atomic mass is 10.1. The summed E-state index contributed by atoms with van der Waals surface area (Å²) in [5.41, 5.74) is 0.967. The van der Waals surface area contributed by atoms with E-state index in [0.717, 1.165) is 15.2 Å². The Balaban J connectivity index is 1.87. The Morgan fingerprint density at radius 1 is 1.32 bits per heavy atom. The molecule has 1 aromatic heterocycles.